The van der Waals surface area contributed by atoms with Crippen molar-refractivity contribution in [1.82, 2.24) is 4.98 Å². The van der Waals surface area contributed by atoms with Crippen molar-refractivity contribution in [3.63, 3.8) is 0 Å². The summed E-state index contributed by atoms with van der Waals surface area (Å²) < 4.78 is 5.98. The summed E-state index contributed by atoms with van der Waals surface area (Å²) in [6, 6.07) is 7.40. The first-order valence-corrected chi connectivity index (χ1v) is 7.15. The molecule has 1 aliphatic rings. The number of pyridine rings is 1. The second kappa shape index (κ2) is 4.90. The highest BCUT2D eigenvalue weighted by Crippen LogP contribution is 2.42. The topological polar surface area (TPSA) is 68.4 Å². The summed E-state index contributed by atoms with van der Waals surface area (Å²) in [6.45, 7) is 4.05. The third-order valence-electron chi connectivity index (χ3n) is 3.63. The Bertz CT molecular complexity index is 701. The van der Waals surface area contributed by atoms with Crippen molar-refractivity contribution in [2.75, 3.05) is 5.73 Å². The predicted molar refractivity (Wildman–Crippen MR) is 82.6 cm³/mol. The van der Waals surface area contributed by atoms with Crippen molar-refractivity contribution in [2.24, 2.45) is 0 Å². The molecule has 0 spiro atoms. The SMILES string of the molecule is CC1(C)Cc2cccc(C(O)c3cc(Cl)cnc3N)c2O1. The molecule has 0 saturated carbocycles. The molecule has 1 atom stereocenters. The van der Waals surface area contributed by atoms with E-state index in [9.17, 15) is 5.11 Å². The predicted octanol–water partition coefficient (Wildman–Crippen LogP) is 3.11. The molecule has 0 fully saturated rings. The van der Waals surface area contributed by atoms with Crippen LogP contribution in [0.15, 0.2) is 30.5 Å². The molecule has 0 saturated heterocycles. The Labute approximate surface area is 128 Å². The van der Waals surface area contributed by atoms with Crippen LogP contribution < -0.4 is 10.5 Å². The van der Waals surface area contributed by atoms with Gasteiger partial charge in [0.05, 0.1) is 5.02 Å². The van der Waals surface area contributed by atoms with E-state index in [1.165, 1.54) is 6.20 Å². The zero-order chi connectivity index (χ0) is 15.2. The summed E-state index contributed by atoms with van der Waals surface area (Å²) in [5, 5.41) is 11.1. The highest BCUT2D eigenvalue weighted by atomic mass is 35.5. The third kappa shape index (κ3) is 2.57. The molecular formula is C16H17ClN2O2. The molecule has 3 rings (SSSR count). The average molecular weight is 305 g/mol. The quantitative estimate of drug-likeness (QED) is 0.894. The minimum atomic E-state index is -0.917. The van der Waals surface area contributed by atoms with Gasteiger partial charge in [-0.1, -0.05) is 29.8 Å². The number of halogens is 1. The van der Waals surface area contributed by atoms with Crippen LogP contribution in [0, 0.1) is 0 Å². The van der Waals surface area contributed by atoms with Crippen LogP contribution in [0.2, 0.25) is 5.02 Å². The highest BCUT2D eigenvalue weighted by molar-refractivity contribution is 6.30. The van der Waals surface area contributed by atoms with Gasteiger partial charge in [-0.3, -0.25) is 0 Å². The number of rotatable bonds is 2. The van der Waals surface area contributed by atoms with Crippen LogP contribution in [-0.4, -0.2) is 15.7 Å². The fraction of sp³-hybridized carbons (Fsp3) is 0.312. The maximum absolute atomic E-state index is 10.7. The van der Waals surface area contributed by atoms with Gasteiger partial charge in [-0.25, -0.2) is 4.98 Å². The summed E-state index contributed by atoms with van der Waals surface area (Å²) in [5.41, 5.74) is 7.85. The maximum atomic E-state index is 10.7. The molecular weight excluding hydrogens is 288 g/mol. The van der Waals surface area contributed by atoms with Crippen LogP contribution in [0.4, 0.5) is 5.82 Å². The first kappa shape index (κ1) is 14.2. The van der Waals surface area contributed by atoms with E-state index in [1.54, 1.807) is 6.07 Å². The number of hydrogen-bond donors (Lipinski definition) is 2. The van der Waals surface area contributed by atoms with Gasteiger partial charge >= 0.3 is 0 Å². The van der Waals surface area contributed by atoms with Crippen LogP contribution in [-0.2, 0) is 6.42 Å². The normalized spacial score (nSPS) is 17.1. The second-order valence-corrected chi connectivity index (χ2v) is 6.34. The van der Waals surface area contributed by atoms with Gasteiger partial charge in [-0.15, -0.1) is 0 Å². The molecule has 0 amide bonds. The van der Waals surface area contributed by atoms with Gasteiger partial charge in [0.2, 0.25) is 0 Å². The molecule has 1 aromatic carbocycles. The lowest BCUT2D eigenvalue weighted by molar-refractivity contribution is 0.131. The fourth-order valence-electron chi connectivity index (χ4n) is 2.71. The van der Waals surface area contributed by atoms with E-state index in [2.05, 4.69) is 4.98 Å². The van der Waals surface area contributed by atoms with Crippen molar-refractivity contribution in [1.29, 1.82) is 0 Å². The number of fused-ring (bicyclic) bond motifs is 1. The van der Waals surface area contributed by atoms with Crippen molar-refractivity contribution in [3.8, 4) is 5.75 Å². The van der Waals surface area contributed by atoms with Crippen molar-refractivity contribution >= 4 is 17.4 Å². The van der Waals surface area contributed by atoms with Gasteiger partial charge < -0.3 is 15.6 Å². The van der Waals surface area contributed by atoms with E-state index in [1.807, 2.05) is 32.0 Å². The number of nitrogens with two attached hydrogens (primary N) is 1. The molecule has 4 nitrogen and oxygen atoms in total. The lowest BCUT2D eigenvalue weighted by Crippen LogP contribution is -2.25. The Morgan fingerprint density at radius 3 is 2.90 bits per heavy atom. The molecule has 0 aliphatic carbocycles. The lowest BCUT2D eigenvalue weighted by Gasteiger charge is -2.20. The van der Waals surface area contributed by atoms with Gasteiger partial charge in [0.25, 0.3) is 0 Å². The van der Waals surface area contributed by atoms with Crippen molar-refractivity contribution < 1.29 is 9.84 Å². The number of hydrogen-bond acceptors (Lipinski definition) is 4. The number of anilines is 1. The number of aliphatic hydroxyl groups excluding tert-OH is 1. The largest absolute Gasteiger partial charge is 0.487 e. The van der Waals surface area contributed by atoms with E-state index >= 15 is 0 Å². The minimum absolute atomic E-state index is 0.266. The van der Waals surface area contributed by atoms with Gasteiger partial charge in [-0.05, 0) is 25.5 Å². The Hall–Kier alpha value is -1.78. The molecule has 3 N–H and O–H groups in total. The van der Waals surface area contributed by atoms with E-state index < -0.39 is 6.10 Å². The monoisotopic (exact) mass is 304 g/mol. The smallest absolute Gasteiger partial charge is 0.129 e. The molecule has 21 heavy (non-hydrogen) atoms. The first-order valence-electron chi connectivity index (χ1n) is 6.77. The summed E-state index contributed by atoms with van der Waals surface area (Å²) >= 11 is 5.95. The second-order valence-electron chi connectivity index (χ2n) is 5.90. The molecule has 1 aromatic heterocycles. The number of nitrogen functional groups attached to an aromatic ring is 1. The Balaban J connectivity index is 2.06. The minimum Gasteiger partial charge on any atom is -0.487 e. The molecule has 0 bridgehead atoms. The molecule has 0 radical (unpaired) electrons. The van der Waals surface area contributed by atoms with Gasteiger partial charge in [0.15, 0.2) is 0 Å². The zero-order valence-electron chi connectivity index (χ0n) is 11.9. The van der Waals surface area contributed by atoms with Crippen LogP contribution in [0.3, 0.4) is 0 Å². The first-order chi connectivity index (χ1) is 9.87. The lowest BCUT2D eigenvalue weighted by atomic mass is 9.96. The number of benzene rings is 1. The van der Waals surface area contributed by atoms with Gasteiger partial charge in [0.1, 0.15) is 23.3 Å². The summed E-state index contributed by atoms with van der Waals surface area (Å²) in [4.78, 5) is 3.99. The Morgan fingerprint density at radius 2 is 2.14 bits per heavy atom. The average Bonchev–Trinajstić information content (AvgIpc) is 2.74. The summed E-state index contributed by atoms with van der Waals surface area (Å²) in [6.07, 6.45) is 1.36. The van der Waals surface area contributed by atoms with Crippen molar-refractivity contribution in [3.05, 3.63) is 52.2 Å². The van der Waals surface area contributed by atoms with Gasteiger partial charge in [-0.2, -0.15) is 0 Å². The van der Waals surface area contributed by atoms with Crippen LogP contribution in [0.5, 0.6) is 5.75 Å². The van der Waals surface area contributed by atoms with E-state index in [0.29, 0.717) is 16.1 Å². The molecule has 2 aromatic rings. The zero-order valence-corrected chi connectivity index (χ0v) is 12.7. The Morgan fingerprint density at radius 1 is 1.38 bits per heavy atom. The molecule has 2 heterocycles. The van der Waals surface area contributed by atoms with E-state index in [4.69, 9.17) is 22.1 Å². The molecule has 1 unspecified atom stereocenters. The van der Waals surface area contributed by atoms with E-state index in [-0.39, 0.29) is 11.4 Å². The van der Waals surface area contributed by atoms with Crippen molar-refractivity contribution in [2.45, 2.75) is 32.0 Å². The highest BCUT2D eigenvalue weighted by Gasteiger charge is 2.33. The fourth-order valence-corrected chi connectivity index (χ4v) is 2.87. The number of para-hydroxylation sites is 1. The number of ether oxygens (including phenoxy) is 1. The molecule has 5 heteroatoms. The summed E-state index contributed by atoms with van der Waals surface area (Å²) in [7, 11) is 0. The number of aliphatic hydroxyl groups is 1. The van der Waals surface area contributed by atoms with E-state index in [0.717, 1.165) is 17.7 Å². The van der Waals surface area contributed by atoms with Gasteiger partial charge in [0, 0.05) is 23.7 Å². The van der Waals surface area contributed by atoms with Crippen LogP contribution in [0.1, 0.15) is 36.6 Å². The third-order valence-corrected chi connectivity index (χ3v) is 3.83. The van der Waals surface area contributed by atoms with Crippen LogP contribution in [0.25, 0.3) is 0 Å². The Kier molecular flexibility index (Phi) is 3.30. The molecule has 110 valence electrons. The standard InChI is InChI=1S/C16H17ClN2O2/c1-16(2)7-9-4-3-5-11(14(9)21-16)13(20)12-6-10(17)8-19-15(12)18/h3-6,8,13,20H,7H2,1-2H3,(H2,18,19). The molecule has 1 aliphatic heterocycles. The number of aromatic nitrogens is 1. The van der Waals surface area contributed by atoms with Crippen LogP contribution >= 0.6 is 11.6 Å². The number of nitrogens with zero attached hydrogens (tertiary/aromatic N) is 1. The summed E-state index contributed by atoms with van der Waals surface area (Å²) in [5.74, 6) is 0.996. The maximum Gasteiger partial charge on any atom is 0.129 e.